The number of para-hydroxylation sites is 1. The van der Waals surface area contributed by atoms with E-state index in [0.29, 0.717) is 128 Å². The summed E-state index contributed by atoms with van der Waals surface area (Å²) in [5, 5.41) is 0. The first kappa shape index (κ1) is 71.7. The van der Waals surface area contributed by atoms with E-state index in [1.165, 1.54) is 10.6 Å². The number of benzene rings is 4. The Balaban J connectivity index is 0.000000823. The predicted octanol–water partition coefficient (Wildman–Crippen LogP) is 14.1. The first-order valence-corrected chi connectivity index (χ1v) is 49.2. The summed E-state index contributed by atoms with van der Waals surface area (Å²) in [6.45, 7) is 0. The van der Waals surface area contributed by atoms with Gasteiger partial charge in [0.1, 0.15) is 40.6 Å². The third kappa shape index (κ3) is 11.5. The molecule has 0 aromatic heterocycles. The molecule has 4 aromatic rings. The summed E-state index contributed by atoms with van der Waals surface area (Å²) in [6, 6.07) is 10.4. The van der Waals surface area contributed by atoms with Crippen LogP contribution in [0.2, 0.25) is 38.8 Å². The highest BCUT2D eigenvalue weighted by Crippen LogP contribution is 2.66. The van der Waals surface area contributed by atoms with Gasteiger partial charge in [0.2, 0.25) is 6.35 Å². The summed E-state index contributed by atoms with van der Waals surface area (Å²) in [7, 11) is -39.7. The minimum absolute atomic E-state index is 0.0764. The fourth-order valence-electron chi connectivity index (χ4n) is 18.1. The maximum Gasteiger partial charge on any atom is 0.612 e. The quantitative estimate of drug-likeness (QED) is 0.0592. The Hall–Kier alpha value is -2.93. The fourth-order valence-corrected chi connectivity index (χ4v) is 72.7. The zero-order valence-corrected chi connectivity index (χ0v) is 62.3. The molecule has 13 aliphatic rings. The van der Waals surface area contributed by atoms with E-state index >= 15 is 65.9 Å². The van der Waals surface area contributed by atoms with Crippen molar-refractivity contribution in [2.75, 3.05) is 14.1 Å². The van der Waals surface area contributed by atoms with Crippen LogP contribution in [0.5, 0.6) is 0 Å². The highest BCUT2D eigenvalue weighted by molar-refractivity contribution is 7.12. The molecule has 7 saturated carbocycles. The molecule has 1 N–H and O–H groups in total. The van der Waals surface area contributed by atoms with E-state index in [9.17, 15) is 0 Å². The number of rotatable bonds is 13. The van der Waals surface area contributed by atoms with Gasteiger partial charge in [0.25, 0.3) is 0 Å². The molecule has 6 aliphatic heterocycles. The molecule has 0 spiro atoms. The smallest absolute Gasteiger partial charge is 0.560 e. The maximum atomic E-state index is 17.9. The van der Waals surface area contributed by atoms with E-state index in [-0.39, 0.29) is 38.5 Å². The van der Waals surface area contributed by atoms with E-state index in [1.54, 1.807) is 0 Å². The van der Waals surface area contributed by atoms with Gasteiger partial charge >= 0.3 is 70.7 Å². The molecule has 4 aromatic carbocycles. The van der Waals surface area contributed by atoms with E-state index < -0.39 is 219 Å². The van der Waals surface area contributed by atoms with Crippen LogP contribution in [0.25, 0.3) is 0 Å². The molecule has 542 valence electrons. The van der Waals surface area contributed by atoms with Crippen molar-refractivity contribution >= 4 is 99.1 Å². The molecule has 17 rings (SSSR count). The SMILES string of the molecule is C[NH+](C)c1ccccc1.Fc1c(F)c(F)c([B-](O[Si]23O[Si]4(C5CCCC5)O[Si]5(C6CCCC6)O[Si](C6CCCC6)(O2)O[Si]2(C6CCCC6)O[Si](C6CCCC6)(O3)O[Si](C3CCCC3)(O4)O[Si](C3CCCC3)(O5)O2)(c2c(F)c(F)c(F)c(F)c2F)c2c(F)c(F)c(F)c(F)c2F)c(F)c1F. The molecular formula is C61H75BF15NO13Si8. The van der Waals surface area contributed by atoms with Gasteiger partial charge in [-0.3, -0.25) is 0 Å². The third-order valence-corrected chi connectivity index (χ3v) is 61.6. The summed E-state index contributed by atoms with van der Waals surface area (Å²) in [6.07, 6.45) is 3.85. The van der Waals surface area contributed by atoms with Crippen LogP contribution >= 0.6 is 0 Å². The van der Waals surface area contributed by atoms with Crippen molar-refractivity contribution in [2.45, 2.75) is 219 Å². The highest BCUT2D eigenvalue weighted by atomic mass is 28.6. The van der Waals surface area contributed by atoms with E-state index in [0.717, 1.165) is 12.8 Å². The van der Waals surface area contributed by atoms with Gasteiger partial charge in [-0.25, -0.2) is 65.9 Å². The topological polar surface area (TPSA) is 124 Å². The highest BCUT2D eigenvalue weighted by Gasteiger charge is 2.89. The predicted molar refractivity (Wildman–Crippen MR) is 338 cm³/mol. The molecule has 99 heavy (non-hydrogen) atoms. The van der Waals surface area contributed by atoms with Crippen LogP contribution in [0.3, 0.4) is 0 Å². The van der Waals surface area contributed by atoms with E-state index in [1.807, 2.05) is 6.07 Å². The van der Waals surface area contributed by atoms with Crippen LogP contribution in [0.4, 0.5) is 71.5 Å². The lowest BCUT2D eigenvalue weighted by molar-refractivity contribution is -0.786. The normalized spacial score (nSPS) is 34.3. The number of nitrogens with one attached hydrogen (secondary N) is 1. The zero-order valence-electron chi connectivity index (χ0n) is 54.3. The second-order valence-electron chi connectivity index (χ2n) is 29.0. The average Bonchev–Trinajstić information content (AvgIpc) is 1.63. The van der Waals surface area contributed by atoms with Gasteiger partial charge in [-0.15, -0.1) is 0 Å². The summed E-state index contributed by atoms with van der Waals surface area (Å²) < 4.78 is 357. The Morgan fingerprint density at radius 1 is 0.273 bits per heavy atom. The molecule has 6 saturated heterocycles. The number of hydrogen-bond donors (Lipinski definition) is 1. The van der Waals surface area contributed by atoms with Crippen LogP contribution in [0.1, 0.15) is 180 Å². The Morgan fingerprint density at radius 3 is 0.616 bits per heavy atom. The Morgan fingerprint density at radius 2 is 0.444 bits per heavy atom. The fraction of sp³-hybridized carbons (Fsp3) is 0.607. The largest absolute Gasteiger partial charge is 0.612 e. The summed E-state index contributed by atoms with van der Waals surface area (Å²) in [5.74, 6) is -48.2. The van der Waals surface area contributed by atoms with Gasteiger partial charge in [-0.05, 0) is 102 Å². The van der Waals surface area contributed by atoms with Gasteiger partial charge in [0.05, 0.1) is 14.1 Å². The standard InChI is InChI=1S/C53H63BF15O13Si8.C8H11N/c55-39-36(40(56)46(62)51(67)45(39)61)54(37-41(57)47(63)52(68)48(64)42(37)58,38-43(59)49(65)53(69)50(66)44(38)60)70-90-80-87(33-23-9-10-24-33)74-84(30-17-3-4-18-30)71-83(29-15-1-2-16-29)72-85(76-87,31-19-5-6-20-31)78-89(82-90,35-27-13-14-28-35)79-86(73-83,32-21-7-8-22-32)77-88(75-84,81-90)34-25-11-12-26-34;1-9(2)8-6-4-3-5-7-8/h29-35H,1-28H2;3-7H,1-2H3/q-1;/p+1. The van der Waals surface area contributed by atoms with Crippen LogP contribution in [0, 0.1) is 87.3 Å². The molecule has 0 radical (unpaired) electrons. The van der Waals surface area contributed by atoms with Gasteiger partial charge < -0.3 is 58.6 Å². The summed E-state index contributed by atoms with van der Waals surface area (Å²) >= 11 is 0. The molecule has 7 aliphatic carbocycles. The lowest BCUT2D eigenvalue weighted by atomic mass is 9.28. The Bertz CT molecular complexity index is 3350. The second kappa shape index (κ2) is 26.5. The minimum atomic E-state index is -7.24. The molecule has 13 fully saturated rings. The third-order valence-electron chi connectivity index (χ3n) is 23.0. The molecule has 6 heterocycles. The van der Waals surface area contributed by atoms with E-state index in [2.05, 4.69) is 38.4 Å². The molecule has 0 amide bonds. The average molecular weight is 1550 g/mol. The van der Waals surface area contributed by atoms with E-state index in [4.69, 9.17) is 53.7 Å². The molecule has 14 nitrogen and oxygen atoms in total. The van der Waals surface area contributed by atoms with Crippen molar-refractivity contribution in [2.24, 2.45) is 0 Å². The van der Waals surface area contributed by atoms with Gasteiger partial charge in [0.15, 0.2) is 52.4 Å². The molecule has 8 bridgehead atoms. The first-order chi connectivity index (χ1) is 47.3. The van der Waals surface area contributed by atoms with Crippen LogP contribution < -0.4 is 21.3 Å². The number of quaternary nitrogens is 1. The van der Waals surface area contributed by atoms with Crippen molar-refractivity contribution in [3.8, 4) is 0 Å². The maximum absolute atomic E-state index is 17.9. The van der Waals surface area contributed by atoms with Crippen molar-refractivity contribution in [3.63, 3.8) is 0 Å². The Kier molecular flexibility index (Phi) is 19.2. The lowest BCUT2D eigenvalue weighted by Gasteiger charge is -2.67. The number of halogens is 15. The van der Waals surface area contributed by atoms with Gasteiger partial charge in [0, 0.05) is 38.8 Å². The zero-order chi connectivity index (χ0) is 69.6. The molecule has 0 unspecified atom stereocenters. The van der Waals surface area contributed by atoms with Crippen LogP contribution in [0.15, 0.2) is 30.3 Å². The van der Waals surface area contributed by atoms with Crippen molar-refractivity contribution in [1.82, 2.24) is 0 Å². The van der Waals surface area contributed by atoms with Crippen molar-refractivity contribution in [3.05, 3.63) is 118 Å². The molecule has 38 heteroatoms. The first-order valence-electron chi connectivity index (χ1n) is 34.9. The van der Waals surface area contributed by atoms with Crippen LogP contribution in [-0.2, 0) is 53.7 Å². The lowest BCUT2D eigenvalue weighted by Crippen LogP contribution is -3.00. The van der Waals surface area contributed by atoms with Gasteiger partial charge in [-0.1, -0.05) is 124 Å². The van der Waals surface area contributed by atoms with Crippen LogP contribution in [-0.4, -0.2) is 91.1 Å². The molecular weight excluding hydrogens is 1480 g/mol. The summed E-state index contributed by atoms with van der Waals surface area (Å²) in [4.78, 5) is 1.37. The Labute approximate surface area is 571 Å². The molecule has 0 atom stereocenters. The van der Waals surface area contributed by atoms with Crippen molar-refractivity contribution in [1.29, 1.82) is 0 Å². The monoisotopic (exact) mass is 1550 g/mol. The minimum Gasteiger partial charge on any atom is -0.560 e. The summed E-state index contributed by atoms with van der Waals surface area (Å²) in [5.41, 5.74) is -13.7. The number of hydrogen-bond acceptors (Lipinski definition) is 13. The van der Waals surface area contributed by atoms with Crippen molar-refractivity contribution < 1.29 is 124 Å². The van der Waals surface area contributed by atoms with Gasteiger partial charge in [-0.2, -0.15) is 0 Å². The second-order valence-corrected chi connectivity index (χ2v) is 54.2.